The van der Waals surface area contributed by atoms with Crippen LogP contribution in [0.4, 0.5) is 5.82 Å². The number of fused-ring (bicyclic) bond motifs is 1. The Bertz CT molecular complexity index is 1040. The van der Waals surface area contributed by atoms with Gasteiger partial charge in [-0.15, -0.1) is 0 Å². The van der Waals surface area contributed by atoms with Crippen molar-refractivity contribution in [3.8, 4) is 5.69 Å². The minimum absolute atomic E-state index is 0.284. The van der Waals surface area contributed by atoms with Gasteiger partial charge in [-0.3, -0.25) is 11.5 Å². The van der Waals surface area contributed by atoms with Gasteiger partial charge >= 0.3 is 0 Å². The Hall–Kier alpha value is -2.79. The smallest absolute Gasteiger partial charge is 0.160 e. The van der Waals surface area contributed by atoms with Gasteiger partial charge in [0.25, 0.3) is 0 Å². The van der Waals surface area contributed by atoms with Gasteiger partial charge in [0, 0.05) is 24.7 Å². The molecule has 0 radical (unpaired) electrons. The number of nitrogens with one attached hydrogen (secondary N) is 1. The van der Waals surface area contributed by atoms with Gasteiger partial charge in [-0.1, -0.05) is 32.0 Å². The monoisotopic (exact) mass is 436 g/mol. The Labute approximate surface area is 188 Å². The number of hydrogen-bond acceptors (Lipinski definition) is 8. The van der Waals surface area contributed by atoms with Gasteiger partial charge in [0.1, 0.15) is 24.8 Å². The summed E-state index contributed by atoms with van der Waals surface area (Å²) in [6.07, 6.45) is 6.56. The van der Waals surface area contributed by atoms with Crippen molar-refractivity contribution in [3.05, 3.63) is 54.2 Å². The van der Waals surface area contributed by atoms with E-state index in [9.17, 15) is 0 Å². The summed E-state index contributed by atoms with van der Waals surface area (Å²) in [5, 5.41) is 12.6. The van der Waals surface area contributed by atoms with E-state index in [1.165, 1.54) is 11.9 Å². The number of piperidine rings is 1. The molecule has 32 heavy (non-hydrogen) atoms. The average molecular weight is 437 g/mol. The Morgan fingerprint density at radius 2 is 2.00 bits per heavy atom. The number of para-hydroxylation sites is 1. The van der Waals surface area contributed by atoms with Crippen molar-refractivity contribution in [1.82, 2.24) is 34.8 Å². The molecule has 0 aliphatic carbocycles. The highest BCUT2D eigenvalue weighted by atomic mass is 15.6. The molecule has 0 amide bonds. The highest BCUT2D eigenvalue weighted by molar-refractivity contribution is 5.52. The standard InChI is InChI=1S/C22H32N10/c1-15(2)18-11-27-32-20(18)31(17-7-5-9-25-10-17)21(23)29(22(32)24)12-16-6-3-4-8-19(16)30-14-26-13-28-30/h3-4,6,8,11,13-15,17,21-22,25H,5,7,9-10,12,23-24H2,1-2H3. The molecule has 3 atom stereocenters. The van der Waals surface area contributed by atoms with Crippen LogP contribution in [0.2, 0.25) is 0 Å². The van der Waals surface area contributed by atoms with Crippen molar-refractivity contribution in [3.63, 3.8) is 0 Å². The van der Waals surface area contributed by atoms with E-state index in [1.54, 1.807) is 11.0 Å². The summed E-state index contributed by atoms with van der Waals surface area (Å²) in [5.74, 6) is 1.38. The lowest BCUT2D eigenvalue weighted by molar-refractivity contribution is 0.0451. The summed E-state index contributed by atoms with van der Waals surface area (Å²) in [4.78, 5) is 8.53. The van der Waals surface area contributed by atoms with Gasteiger partial charge in [0.15, 0.2) is 6.29 Å². The molecule has 1 fully saturated rings. The van der Waals surface area contributed by atoms with E-state index in [1.807, 2.05) is 29.1 Å². The third-order valence-corrected chi connectivity index (χ3v) is 6.55. The second-order valence-corrected chi connectivity index (χ2v) is 8.90. The van der Waals surface area contributed by atoms with Crippen LogP contribution in [0.25, 0.3) is 5.69 Å². The zero-order valence-corrected chi connectivity index (χ0v) is 18.7. The van der Waals surface area contributed by atoms with Crippen LogP contribution in [0.3, 0.4) is 0 Å². The third kappa shape index (κ3) is 3.58. The Morgan fingerprint density at radius 3 is 2.72 bits per heavy atom. The van der Waals surface area contributed by atoms with Crippen LogP contribution < -0.4 is 21.7 Å². The first-order valence-corrected chi connectivity index (χ1v) is 11.3. The number of aromatic nitrogens is 5. The molecule has 170 valence electrons. The minimum atomic E-state index is -0.468. The van der Waals surface area contributed by atoms with E-state index < -0.39 is 6.29 Å². The van der Waals surface area contributed by atoms with Crippen molar-refractivity contribution in [2.75, 3.05) is 18.0 Å². The minimum Gasteiger partial charge on any atom is -0.324 e. The fraction of sp³-hybridized carbons (Fsp3) is 0.500. The number of hydrogen-bond donors (Lipinski definition) is 3. The lowest BCUT2D eigenvalue weighted by Crippen LogP contribution is -2.66. The first-order chi connectivity index (χ1) is 15.6. The number of benzene rings is 1. The Morgan fingerprint density at radius 1 is 1.16 bits per heavy atom. The van der Waals surface area contributed by atoms with Crippen molar-refractivity contribution < 1.29 is 0 Å². The van der Waals surface area contributed by atoms with E-state index in [2.05, 4.69) is 45.1 Å². The van der Waals surface area contributed by atoms with Crippen molar-refractivity contribution in [1.29, 1.82) is 0 Å². The van der Waals surface area contributed by atoms with Crippen LogP contribution >= 0.6 is 0 Å². The van der Waals surface area contributed by atoms with Gasteiger partial charge in [-0.2, -0.15) is 10.2 Å². The molecular weight excluding hydrogens is 404 g/mol. The molecule has 10 nitrogen and oxygen atoms in total. The van der Waals surface area contributed by atoms with Gasteiger partial charge < -0.3 is 10.2 Å². The first-order valence-electron chi connectivity index (χ1n) is 11.3. The molecule has 2 aliphatic rings. The second kappa shape index (κ2) is 8.62. The maximum atomic E-state index is 6.97. The molecule has 1 aromatic carbocycles. The largest absolute Gasteiger partial charge is 0.324 e. The Balaban J connectivity index is 1.54. The maximum Gasteiger partial charge on any atom is 0.160 e. The van der Waals surface area contributed by atoms with Crippen molar-refractivity contribution in [2.24, 2.45) is 11.5 Å². The molecule has 3 aromatic rings. The summed E-state index contributed by atoms with van der Waals surface area (Å²) in [7, 11) is 0. The number of nitrogens with two attached hydrogens (primary N) is 2. The summed E-state index contributed by atoms with van der Waals surface area (Å²) >= 11 is 0. The quantitative estimate of drug-likeness (QED) is 0.548. The average Bonchev–Trinajstić information content (AvgIpc) is 3.48. The van der Waals surface area contributed by atoms with Crippen molar-refractivity contribution in [2.45, 2.75) is 57.8 Å². The highest BCUT2D eigenvalue weighted by Crippen LogP contribution is 2.38. The van der Waals surface area contributed by atoms with Crippen LogP contribution in [-0.4, -0.2) is 54.9 Å². The van der Waals surface area contributed by atoms with Crippen LogP contribution in [0.1, 0.15) is 50.0 Å². The van der Waals surface area contributed by atoms with E-state index in [-0.39, 0.29) is 12.3 Å². The molecule has 5 N–H and O–H groups in total. The predicted molar refractivity (Wildman–Crippen MR) is 123 cm³/mol. The fourth-order valence-electron chi connectivity index (χ4n) is 4.86. The SMILES string of the molecule is CC(C)c1cnn2c1N(C1CCCNC1)C(N)N(Cc1ccccc1-n1cncn1)C2N. The fourth-order valence-corrected chi connectivity index (χ4v) is 4.86. The molecule has 2 aromatic heterocycles. The molecular formula is C22H32N10. The number of anilines is 1. The molecule has 5 rings (SSSR count). The third-order valence-electron chi connectivity index (χ3n) is 6.55. The predicted octanol–water partition coefficient (Wildman–Crippen LogP) is 1.32. The topological polar surface area (TPSA) is 119 Å². The number of nitrogens with zero attached hydrogens (tertiary/aromatic N) is 7. The van der Waals surface area contributed by atoms with Gasteiger partial charge in [0.2, 0.25) is 0 Å². The zero-order chi connectivity index (χ0) is 22.2. The summed E-state index contributed by atoms with van der Waals surface area (Å²) in [5.41, 5.74) is 17.0. The van der Waals surface area contributed by atoms with Crippen LogP contribution in [0, 0.1) is 0 Å². The van der Waals surface area contributed by atoms with E-state index in [4.69, 9.17) is 16.6 Å². The zero-order valence-electron chi connectivity index (χ0n) is 18.7. The lowest BCUT2D eigenvalue weighted by atomic mass is 10.0. The molecule has 4 heterocycles. The van der Waals surface area contributed by atoms with Gasteiger partial charge in [0.05, 0.1) is 11.9 Å². The molecule has 3 unspecified atom stereocenters. The molecule has 10 heteroatoms. The first kappa shape index (κ1) is 21.1. The van der Waals surface area contributed by atoms with E-state index in [0.29, 0.717) is 12.5 Å². The molecule has 1 saturated heterocycles. The van der Waals surface area contributed by atoms with Crippen LogP contribution in [0.5, 0.6) is 0 Å². The summed E-state index contributed by atoms with van der Waals surface area (Å²) in [6, 6.07) is 8.42. The van der Waals surface area contributed by atoms with Crippen molar-refractivity contribution >= 4 is 5.82 Å². The van der Waals surface area contributed by atoms with E-state index in [0.717, 1.165) is 43.0 Å². The summed E-state index contributed by atoms with van der Waals surface area (Å²) < 4.78 is 3.71. The van der Waals surface area contributed by atoms with E-state index >= 15 is 0 Å². The molecule has 2 aliphatic heterocycles. The molecule has 0 saturated carbocycles. The lowest BCUT2D eigenvalue weighted by Gasteiger charge is -2.50. The number of rotatable bonds is 5. The molecule has 0 spiro atoms. The van der Waals surface area contributed by atoms with Crippen LogP contribution in [0.15, 0.2) is 43.1 Å². The second-order valence-electron chi connectivity index (χ2n) is 8.90. The highest BCUT2D eigenvalue weighted by Gasteiger charge is 2.41. The normalized spacial score (nSPS) is 24.2. The maximum absolute atomic E-state index is 6.97. The van der Waals surface area contributed by atoms with Crippen LogP contribution in [-0.2, 0) is 6.54 Å². The van der Waals surface area contributed by atoms with Gasteiger partial charge in [-0.25, -0.2) is 19.2 Å². The summed E-state index contributed by atoms with van der Waals surface area (Å²) in [6.45, 7) is 6.88. The Kier molecular flexibility index (Phi) is 5.68. The molecule has 0 bridgehead atoms. The van der Waals surface area contributed by atoms with Gasteiger partial charge in [-0.05, 0) is 36.9 Å².